The molecule has 8 heteroatoms. The molecule has 43 valence electrons. The molecule has 0 aliphatic rings. The minimum atomic E-state index is -4.33. The van der Waals surface area contributed by atoms with Gasteiger partial charge in [0.05, 0.1) is 0 Å². The van der Waals surface area contributed by atoms with E-state index in [1.807, 2.05) is 0 Å². The Labute approximate surface area is 113 Å². The quantitative estimate of drug-likeness (QED) is 0.188. The first-order valence-corrected chi connectivity index (χ1v) is 3.00. The van der Waals surface area contributed by atoms with Crippen LogP contribution in [0.5, 0.6) is 0 Å². The maximum absolute atomic E-state index is 8.89. The van der Waals surface area contributed by atoms with E-state index in [1.165, 1.54) is 0 Å². The Morgan fingerprint density at radius 2 is 1.25 bits per heavy atom. The van der Waals surface area contributed by atoms with Gasteiger partial charge in [0.1, 0.15) is 0 Å². The zero-order valence-corrected chi connectivity index (χ0v) is 12.1. The van der Waals surface area contributed by atoms with E-state index in [0.717, 1.165) is 0 Å². The summed E-state index contributed by atoms with van der Waals surface area (Å²) in [5.74, 6) is 0. The molecule has 0 amide bonds. The van der Waals surface area contributed by atoms with Crippen LogP contribution in [0.4, 0.5) is 0 Å². The van der Waals surface area contributed by atoms with Crippen molar-refractivity contribution in [2.45, 2.75) is 0 Å². The van der Waals surface area contributed by atoms with Gasteiger partial charge in [0.2, 0.25) is 0 Å². The van der Waals surface area contributed by atoms with Gasteiger partial charge < -0.3 is 16.2 Å². The fraction of sp³-hybridized carbons (Fsp3) is 0. The van der Waals surface area contributed by atoms with Gasteiger partial charge in [-0.15, -0.1) is 0 Å². The minimum absolute atomic E-state index is 0. The van der Waals surface area contributed by atoms with E-state index in [9.17, 15) is 0 Å². The molecule has 0 spiro atoms. The van der Waals surface area contributed by atoms with Gasteiger partial charge in [0.15, 0.2) is 0 Å². The third-order valence-corrected chi connectivity index (χ3v) is 0. The third kappa shape index (κ3) is 64.0. The van der Waals surface area contributed by atoms with E-state index in [-0.39, 0.29) is 81.5 Å². The molecular weight excluding hydrogens is 355 g/mol. The standard InChI is InChI=1S/Au.2Na.H2O3S2/c;;;1-5(2,3)4/h;;;(H2,1,2,3,4)/q;2*+1;/p-2. The Kier molecular flexibility index (Phi) is 28.1. The van der Waals surface area contributed by atoms with Crippen LogP contribution in [-0.4, -0.2) is 13.0 Å². The van der Waals surface area contributed by atoms with Crippen molar-refractivity contribution >= 4 is 20.8 Å². The van der Waals surface area contributed by atoms with Gasteiger partial charge in [-0.2, -0.15) is 0 Å². The van der Waals surface area contributed by atoms with E-state index in [4.69, 9.17) is 13.0 Å². The van der Waals surface area contributed by atoms with E-state index in [1.54, 1.807) is 0 Å². The van der Waals surface area contributed by atoms with Crippen molar-refractivity contribution in [1.29, 1.82) is 0 Å². The van der Waals surface area contributed by atoms with Gasteiger partial charge in [-0.1, -0.05) is 0 Å². The van der Waals surface area contributed by atoms with Crippen molar-refractivity contribution < 1.29 is 94.5 Å². The SMILES string of the molecule is O=S(=O)([O-])[S-].[Au].[Na+].[Na+]. The van der Waals surface area contributed by atoms with E-state index >= 15 is 0 Å². The summed E-state index contributed by atoms with van der Waals surface area (Å²) in [5.41, 5.74) is 0. The Morgan fingerprint density at radius 1 is 1.25 bits per heavy atom. The van der Waals surface area contributed by atoms with E-state index < -0.39 is 9.15 Å². The average Bonchev–Trinajstić information content (AvgIpc) is 0.722. The van der Waals surface area contributed by atoms with Gasteiger partial charge in [0, 0.05) is 22.4 Å². The average molecular weight is 355 g/mol. The Morgan fingerprint density at radius 3 is 1.25 bits per heavy atom. The fourth-order valence-electron chi connectivity index (χ4n) is 0. The van der Waals surface area contributed by atoms with Crippen molar-refractivity contribution in [1.82, 2.24) is 0 Å². The van der Waals surface area contributed by atoms with Crippen LogP contribution in [0.25, 0.3) is 0 Å². The number of hydrogen-bond donors (Lipinski definition) is 0. The summed E-state index contributed by atoms with van der Waals surface area (Å²) in [7, 11) is -4.33. The molecule has 3 nitrogen and oxygen atoms in total. The topological polar surface area (TPSA) is 57.2 Å². The monoisotopic (exact) mass is 355 g/mol. The largest absolute Gasteiger partial charge is 1.00 e. The summed E-state index contributed by atoms with van der Waals surface area (Å²) in [4.78, 5) is 0. The molecule has 0 aliphatic heterocycles. The smallest absolute Gasteiger partial charge is 0.768 e. The zero-order valence-electron chi connectivity index (χ0n) is 4.34. The molecule has 0 saturated carbocycles. The van der Waals surface area contributed by atoms with Crippen LogP contribution in [0.3, 0.4) is 0 Å². The van der Waals surface area contributed by atoms with Crippen molar-refractivity contribution in [3.05, 3.63) is 0 Å². The van der Waals surface area contributed by atoms with Crippen LogP contribution in [0, 0.1) is 0 Å². The molecule has 0 aromatic heterocycles. The van der Waals surface area contributed by atoms with Crippen molar-refractivity contribution in [3.8, 4) is 0 Å². The normalized spacial score (nSPS) is 7.25. The Hall–Kier alpha value is 3.00. The third-order valence-electron chi connectivity index (χ3n) is 0. The van der Waals surface area contributed by atoms with Gasteiger partial charge in [0.25, 0.3) is 0 Å². The first-order chi connectivity index (χ1) is 2.00. The first-order valence-electron chi connectivity index (χ1n) is 0.667. The van der Waals surface area contributed by atoms with Crippen molar-refractivity contribution in [2.24, 2.45) is 0 Å². The second-order valence-corrected chi connectivity index (χ2v) is 2.45. The van der Waals surface area contributed by atoms with Crippen molar-refractivity contribution in [3.63, 3.8) is 0 Å². The zero-order chi connectivity index (χ0) is 4.50. The summed E-state index contributed by atoms with van der Waals surface area (Å²) in [6.45, 7) is 0. The van der Waals surface area contributed by atoms with Crippen LogP contribution < -0.4 is 59.1 Å². The molecule has 0 aromatic carbocycles. The Bertz CT molecular complexity index is 98.5. The van der Waals surface area contributed by atoms with Gasteiger partial charge in [-0.3, -0.25) is 8.42 Å². The molecule has 0 saturated heterocycles. The molecule has 0 fully saturated rings. The second-order valence-electron chi connectivity index (χ2n) is 0.408. The van der Waals surface area contributed by atoms with Crippen LogP contribution in [0.2, 0.25) is 0 Å². The number of hydrogen-bond acceptors (Lipinski definition) is 4. The summed E-state index contributed by atoms with van der Waals surface area (Å²) < 4.78 is 26.7. The van der Waals surface area contributed by atoms with Gasteiger partial charge >= 0.3 is 59.1 Å². The van der Waals surface area contributed by atoms with Crippen LogP contribution in [-0.2, 0) is 43.2 Å². The molecular formula is AuNa2O3S2. The number of rotatable bonds is 0. The molecule has 0 unspecified atom stereocenters. The van der Waals surface area contributed by atoms with Crippen LogP contribution in [0.1, 0.15) is 0 Å². The molecule has 1 radical (unpaired) electrons. The fourth-order valence-corrected chi connectivity index (χ4v) is 0. The molecule has 8 heavy (non-hydrogen) atoms. The van der Waals surface area contributed by atoms with Crippen LogP contribution in [0.15, 0.2) is 0 Å². The van der Waals surface area contributed by atoms with Gasteiger partial charge in [-0.05, 0) is 9.15 Å². The maximum Gasteiger partial charge on any atom is 1.00 e. The van der Waals surface area contributed by atoms with E-state index in [0.29, 0.717) is 0 Å². The summed E-state index contributed by atoms with van der Waals surface area (Å²) in [6, 6.07) is 0. The first kappa shape index (κ1) is 22.4. The van der Waals surface area contributed by atoms with E-state index in [2.05, 4.69) is 11.7 Å². The molecule has 0 heterocycles. The van der Waals surface area contributed by atoms with Crippen LogP contribution >= 0.6 is 0 Å². The second kappa shape index (κ2) is 10.0. The predicted molar refractivity (Wildman–Crippen MR) is 17.1 cm³/mol. The summed E-state index contributed by atoms with van der Waals surface area (Å²) >= 11 is 3.24. The molecule has 0 rings (SSSR count). The molecule has 0 bridgehead atoms. The summed E-state index contributed by atoms with van der Waals surface area (Å²) in [5, 5.41) is 0. The molecule has 0 atom stereocenters. The molecule has 0 aromatic rings. The molecule has 0 N–H and O–H groups in total. The minimum Gasteiger partial charge on any atom is -0.768 e. The Balaban J connectivity index is -0.0000000267. The van der Waals surface area contributed by atoms with Gasteiger partial charge in [-0.25, -0.2) is 0 Å². The maximum atomic E-state index is 8.89. The molecule has 0 aliphatic carbocycles. The van der Waals surface area contributed by atoms with Crippen molar-refractivity contribution in [2.75, 3.05) is 0 Å². The summed E-state index contributed by atoms with van der Waals surface area (Å²) in [6.07, 6.45) is 0. The predicted octanol–water partition coefficient (Wildman–Crippen LogP) is -7.00.